The van der Waals surface area contributed by atoms with E-state index in [-0.39, 0.29) is 53.8 Å². The van der Waals surface area contributed by atoms with Gasteiger partial charge in [-0.05, 0) is 51.4 Å². The number of thioether (sulfide) groups is 1. The van der Waals surface area contributed by atoms with E-state index in [1.54, 1.807) is 0 Å². The first-order chi connectivity index (χ1) is 33.9. The van der Waals surface area contributed by atoms with Crippen molar-refractivity contribution in [1.82, 2.24) is 30.2 Å². The lowest BCUT2D eigenvalue weighted by molar-refractivity contribution is -0.137. The van der Waals surface area contributed by atoms with Gasteiger partial charge in [0.1, 0.15) is 36.3 Å². The van der Waals surface area contributed by atoms with E-state index >= 15 is 0 Å². The lowest BCUT2D eigenvalue weighted by Gasteiger charge is -2.30. The van der Waals surface area contributed by atoms with E-state index in [1.807, 2.05) is 0 Å². The molecule has 1 saturated heterocycles. The Bertz CT molecular complexity index is 2300. The number of phosphoric acid groups is 3. The number of hydrogen-bond acceptors (Lipinski definition) is 19. The highest BCUT2D eigenvalue weighted by molar-refractivity contribution is 8.13. The lowest BCUT2D eigenvalue weighted by atomic mass is 9.87. The third-order valence-corrected chi connectivity index (χ3v) is 14.5. The van der Waals surface area contributed by atoms with Gasteiger partial charge in [-0.1, -0.05) is 94.0 Å². The molecule has 0 aromatic carbocycles. The molecule has 29 heteroatoms. The minimum absolute atomic E-state index is 0.0187. The molecule has 3 heterocycles. The Labute approximate surface area is 422 Å². The Balaban J connectivity index is 1.29. The number of aliphatic hydroxyl groups excluding tert-OH is 3. The normalized spacial score (nSPS) is 20.4. The Morgan fingerprint density at radius 2 is 1.51 bits per heavy atom. The predicted octanol–water partition coefficient (Wildman–Crippen LogP) is 4.56. The zero-order chi connectivity index (χ0) is 53.4. The molecule has 0 aliphatic carbocycles. The number of carbonyl (C=O) groups is 3. The summed E-state index contributed by atoms with van der Waals surface area (Å²) >= 11 is 0.974. The van der Waals surface area contributed by atoms with Gasteiger partial charge < -0.3 is 56.0 Å². The molecule has 11 N–H and O–H groups in total. The molecular weight excluding hydrogens is 1030 g/mol. The molecule has 25 nitrogen and oxygen atoms in total. The Kier molecular flexibility index (Phi) is 27.4. The van der Waals surface area contributed by atoms with E-state index in [9.17, 15) is 63.0 Å². The van der Waals surface area contributed by atoms with E-state index in [2.05, 4.69) is 90.0 Å². The summed E-state index contributed by atoms with van der Waals surface area (Å²) in [7, 11) is -16.5. The number of ether oxygens (including phenoxy) is 1. The summed E-state index contributed by atoms with van der Waals surface area (Å²) in [5.41, 5.74) is 4.24. The molecule has 1 aliphatic heterocycles. The molecule has 2 unspecified atom stereocenters. The van der Waals surface area contributed by atoms with Gasteiger partial charge in [-0.15, -0.1) is 0 Å². The van der Waals surface area contributed by atoms with E-state index in [1.165, 1.54) is 33.1 Å². The number of imidazole rings is 1. The van der Waals surface area contributed by atoms with Crippen LogP contribution in [0.4, 0.5) is 5.82 Å². The Morgan fingerprint density at radius 3 is 2.15 bits per heavy atom. The number of aliphatic hydroxyl groups is 3. The summed E-state index contributed by atoms with van der Waals surface area (Å²) in [6, 6.07) is 0. The molecule has 406 valence electrons. The Hall–Kier alpha value is -3.52. The summed E-state index contributed by atoms with van der Waals surface area (Å²) < 4.78 is 62.4. The number of aromatic nitrogens is 4. The van der Waals surface area contributed by atoms with Gasteiger partial charge in [0.2, 0.25) is 11.8 Å². The quantitative estimate of drug-likeness (QED) is 0.0257. The van der Waals surface area contributed by atoms with E-state index in [0.717, 1.165) is 67.5 Å². The van der Waals surface area contributed by atoms with Crippen LogP contribution >= 0.6 is 35.2 Å². The molecule has 0 bridgehead atoms. The molecule has 72 heavy (non-hydrogen) atoms. The van der Waals surface area contributed by atoms with Gasteiger partial charge in [-0.25, -0.2) is 28.6 Å². The highest BCUT2D eigenvalue weighted by atomic mass is 32.2. The van der Waals surface area contributed by atoms with Crippen molar-refractivity contribution >= 4 is 69.1 Å². The summed E-state index contributed by atoms with van der Waals surface area (Å²) in [6.45, 7) is 2.55. The van der Waals surface area contributed by atoms with Crippen molar-refractivity contribution < 1.29 is 85.6 Å². The van der Waals surface area contributed by atoms with Crippen LogP contribution in [0.15, 0.2) is 61.3 Å². The standard InChI is InChI=1S/C43H70N7O18P3S/c1-4-5-6-7-8-9-10-11-12-13-14-15-16-17-18-19-20-21-31(51)26-34(53)72-25-24-45-33(52)22-23-46-41(56)38(55)43(2,3)28-65-71(62,63)68-70(60,61)64-27-32-37(67-69(57,58)59)36(54)42(66-32)50-30-49-35-39(44)47-29-48-40(35)50/h8-9,11-12,14-15,17-18,29-32,36-38,42,51,54-55H,4-7,10,13,16,19-28H2,1-3H3,(H,45,52)(H,46,56)(H,60,61)(H,62,63)(H2,44,47,48)(H2,57,58,59)/b9-8-,12-11-,15-14-,18-17-/t31-,32-,36-,37-,38+,42-/m1/s1. The van der Waals surface area contributed by atoms with Crippen molar-refractivity contribution in [2.24, 2.45) is 5.41 Å². The fourth-order valence-corrected chi connectivity index (χ4v) is 10.3. The molecule has 1 fully saturated rings. The van der Waals surface area contributed by atoms with Crippen LogP contribution in [0.1, 0.15) is 104 Å². The number of anilines is 1. The van der Waals surface area contributed by atoms with Crippen molar-refractivity contribution in [3.8, 4) is 0 Å². The maximum atomic E-state index is 12.8. The third kappa shape index (κ3) is 23.8. The molecule has 0 saturated carbocycles. The molecule has 0 radical (unpaired) electrons. The van der Waals surface area contributed by atoms with Crippen molar-refractivity contribution in [3.05, 3.63) is 61.3 Å². The zero-order valence-electron chi connectivity index (χ0n) is 40.5. The minimum Gasteiger partial charge on any atom is -0.393 e. The molecule has 2 aromatic heterocycles. The number of nitrogens with zero attached hydrogens (tertiary/aromatic N) is 4. The first kappa shape index (κ1) is 62.8. The second kappa shape index (κ2) is 31.4. The number of unbranched alkanes of at least 4 members (excludes halogenated alkanes) is 4. The monoisotopic (exact) mass is 1100 g/mol. The SMILES string of the molecule is CCCCC/C=C\C/C=C\C/C=C\C/C=C\CCC[C@@H](O)CC(=O)SCCNC(=O)CCNC(=O)[C@H](O)C(C)(C)COP(=O)(O)OP(=O)(O)OC[C@H]1O[C@@H](n2cnc3c(N)ncnc32)[C@H](O)[C@@H]1OP(=O)(O)O. The third-order valence-electron chi connectivity index (χ3n) is 10.5. The van der Waals surface area contributed by atoms with Crippen LogP contribution in [0.2, 0.25) is 0 Å². The van der Waals surface area contributed by atoms with Gasteiger partial charge in [0.15, 0.2) is 22.8 Å². The molecule has 8 atom stereocenters. The second-order valence-corrected chi connectivity index (χ2v) is 22.6. The maximum Gasteiger partial charge on any atom is 0.481 e. The number of fused-ring (bicyclic) bond motifs is 1. The number of phosphoric ester groups is 3. The first-order valence-corrected chi connectivity index (χ1v) is 28.8. The Morgan fingerprint density at radius 1 is 0.889 bits per heavy atom. The minimum atomic E-state index is -5.59. The van der Waals surface area contributed by atoms with Gasteiger partial charge in [0.25, 0.3) is 0 Å². The highest BCUT2D eigenvalue weighted by Gasteiger charge is 2.50. The summed E-state index contributed by atoms with van der Waals surface area (Å²) in [6.07, 6.45) is 18.9. The number of nitrogens with one attached hydrogen (secondary N) is 2. The number of amides is 2. The first-order valence-electron chi connectivity index (χ1n) is 23.3. The van der Waals surface area contributed by atoms with Crippen LogP contribution in [0.5, 0.6) is 0 Å². The van der Waals surface area contributed by atoms with Crippen LogP contribution < -0.4 is 16.4 Å². The van der Waals surface area contributed by atoms with E-state index in [0.29, 0.717) is 6.42 Å². The molecule has 2 aromatic rings. The number of carbonyl (C=O) groups excluding carboxylic acids is 3. The van der Waals surface area contributed by atoms with Crippen LogP contribution in [-0.2, 0) is 50.7 Å². The van der Waals surface area contributed by atoms with Crippen molar-refractivity contribution in [2.45, 2.75) is 135 Å². The number of nitrogens with two attached hydrogens (primary N) is 1. The number of allylic oxidation sites excluding steroid dienone is 8. The highest BCUT2D eigenvalue weighted by Crippen LogP contribution is 2.61. The van der Waals surface area contributed by atoms with Crippen molar-refractivity contribution in [2.75, 3.05) is 37.8 Å². The predicted molar refractivity (Wildman–Crippen MR) is 266 cm³/mol. The van der Waals surface area contributed by atoms with Crippen molar-refractivity contribution in [3.63, 3.8) is 0 Å². The summed E-state index contributed by atoms with van der Waals surface area (Å²) in [5, 5.41) is 36.6. The van der Waals surface area contributed by atoms with Crippen LogP contribution in [0.25, 0.3) is 11.2 Å². The van der Waals surface area contributed by atoms with Gasteiger partial charge in [0, 0.05) is 37.1 Å². The van der Waals surface area contributed by atoms with Gasteiger partial charge >= 0.3 is 23.5 Å². The van der Waals surface area contributed by atoms with E-state index in [4.69, 9.17) is 19.5 Å². The number of rotatable bonds is 35. The fourth-order valence-electron chi connectivity index (χ4n) is 6.68. The topological polar surface area (TPSA) is 384 Å². The van der Waals surface area contributed by atoms with Crippen molar-refractivity contribution in [1.29, 1.82) is 0 Å². The average Bonchev–Trinajstić information content (AvgIpc) is 3.86. The molecular formula is C43H70N7O18P3S. The summed E-state index contributed by atoms with van der Waals surface area (Å²) in [4.78, 5) is 88.5. The van der Waals surface area contributed by atoms with Gasteiger partial charge in [0.05, 0.1) is 25.6 Å². The van der Waals surface area contributed by atoms with Gasteiger partial charge in [-0.3, -0.25) is 32.5 Å². The number of hydrogen-bond donors (Lipinski definition) is 10. The van der Waals surface area contributed by atoms with Crippen LogP contribution in [0.3, 0.4) is 0 Å². The molecule has 0 spiro atoms. The molecule has 2 amide bonds. The van der Waals surface area contributed by atoms with Gasteiger partial charge in [-0.2, -0.15) is 4.31 Å². The molecule has 1 aliphatic rings. The average molecular weight is 1100 g/mol. The molecule has 3 rings (SSSR count). The largest absolute Gasteiger partial charge is 0.481 e. The van der Waals surface area contributed by atoms with Crippen LogP contribution in [-0.4, -0.2) is 134 Å². The maximum absolute atomic E-state index is 12.8. The van der Waals surface area contributed by atoms with Crippen LogP contribution in [0, 0.1) is 5.41 Å². The fraction of sp³-hybridized carbons (Fsp3) is 0.628. The van der Waals surface area contributed by atoms with E-state index < -0.39 is 90.7 Å². The zero-order valence-corrected chi connectivity index (χ0v) is 44.0. The lowest BCUT2D eigenvalue weighted by Crippen LogP contribution is -2.46. The summed E-state index contributed by atoms with van der Waals surface area (Å²) in [5.74, 6) is -1.26. The number of nitrogen functional groups attached to an aromatic ring is 1. The smallest absolute Gasteiger partial charge is 0.393 e. The second-order valence-electron chi connectivity index (χ2n) is 17.2.